The number of ether oxygens (including phenoxy) is 1. The fourth-order valence-corrected chi connectivity index (χ4v) is 4.90. The van der Waals surface area contributed by atoms with Crippen LogP contribution in [-0.4, -0.2) is 60.1 Å². The molecule has 0 radical (unpaired) electrons. The average Bonchev–Trinajstić information content (AvgIpc) is 2.86. The lowest BCUT2D eigenvalue weighted by Gasteiger charge is -2.31. The number of nitrogens with zero attached hydrogens (tertiary/aromatic N) is 2. The molecule has 0 N–H and O–H groups in total. The molecular formula is C26H32N2O4S. The molecule has 0 saturated heterocycles. The Kier molecular flexibility index (Phi) is 9.36. The third-order valence-corrected chi connectivity index (χ3v) is 7.05. The van der Waals surface area contributed by atoms with Gasteiger partial charge in [-0.1, -0.05) is 61.7 Å². The Hall–Kier alpha value is -2.80. The summed E-state index contributed by atoms with van der Waals surface area (Å²) >= 11 is 1.33. The quantitative estimate of drug-likeness (QED) is 0.403. The molecule has 6 nitrogen and oxygen atoms in total. The zero-order valence-corrected chi connectivity index (χ0v) is 20.2. The second kappa shape index (κ2) is 12.4. The second-order valence-corrected chi connectivity index (χ2v) is 9.41. The minimum Gasteiger partial charge on any atom is -0.452 e. The number of thioether (sulfide) groups is 1. The fraction of sp³-hybridized carbons (Fsp3) is 0.423. The van der Waals surface area contributed by atoms with Gasteiger partial charge in [0.05, 0.1) is 11.3 Å². The average molecular weight is 469 g/mol. The highest BCUT2D eigenvalue weighted by Gasteiger charge is 2.23. The van der Waals surface area contributed by atoms with Crippen molar-refractivity contribution in [3.63, 3.8) is 0 Å². The summed E-state index contributed by atoms with van der Waals surface area (Å²) in [5.41, 5.74) is 1.37. The molecule has 2 aromatic rings. The van der Waals surface area contributed by atoms with E-state index in [0.717, 1.165) is 18.4 Å². The molecule has 0 aromatic heterocycles. The maximum atomic E-state index is 12.7. The highest BCUT2D eigenvalue weighted by Crippen LogP contribution is 2.26. The Morgan fingerprint density at radius 2 is 1.58 bits per heavy atom. The van der Waals surface area contributed by atoms with Gasteiger partial charge in [0.15, 0.2) is 6.61 Å². The van der Waals surface area contributed by atoms with Gasteiger partial charge in [0.1, 0.15) is 0 Å². The molecular weight excluding hydrogens is 436 g/mol. The summed E-state index contributed by atoms with van der Waals surface area (Å²) in [4.78, 5) is 41.8. The standard InChI is InChI=1S/C26H32N2O4S/c1-27(17-20-11-5-3-6-12-20)24(29)18-32-26(31)22-15-9-10-16-23(22)33-19-25(30)28(2)21-13-7-4-8-14-21/h3,5-6,9-12,15-16,21H,4,7-8,13-14,17-19H2,1-2H3. The lowest BCUT2D eigenvalue weighted by atomic mass is 9.94. The normalized spacial score (nSPS) is 13.9. The van der Waals surface area contributed by atoms with E-state index < -0.39 is 5.97 Å². The van der Waals surface area contributed by atoms with Crippen LogP contribution >= 0.6 is 11.8 Å². The van der Waals surface area contributed by atoms with Crippen LogP contribution in [0.4, 0.5) is 0 Å². The molecule has 1 saturated carbocycles. The van der Waals surface area contributed by atoms with Gasteiger partial charge in [0.25, 0.3) is 5.91 Å². The predicted molar refractivity (Wildman–Crippen MR) is 130 cm³/mol. The van der Waals surface area contributed by atoms with Crippen LogP contribution in [-0.2, 0) is 20.9 Å². The summed E-state index contributed by atoms with van der Waals surface area (Å²) < 4.78 is 5.30. The first-order chi connectivity index (χ1) is 16.0. The summed E-state index contributed by atoms with van der Waals surface area (Å²) in [7, 11) is 3.55. The first-order valence-electron chi connectivity index (χ1n) is 11.4. The lowest BCUT2D eigenvalue weighted by molar-refractivity contribution is -0.133. The number of amides is 2. The van der Waals surface area contributed by atoms with Crippen molar-refractivity contribution in [3.05, 3.63) is 65.7 Å². The van der Waals surface area contributed by atoms with E-state index in [4.69, 9.17) is 4.74 Å². The summed E-state index contributed by atoms with van der Waals surface area (Å²) in [6, 6.07) is 17.0. The summed E-state index contributed by atoms with van der Waals surface area (Å²) in [5, 5.41) is 0. The predicted octanol–water partition coefficient (Wildman–Crippen LogP) is 4.39. The minimum atomic E-state index is -0.562. The third-order valence-electron chi connectivity index (χ3n) is 5.99. The summed E-state index contributed by atoms with van der Waals surface area (Å²) in [6.45, 7) is 0.116. The van der Waals surface area contributed by atoms with Gasteiger partial charge in [-0.3, -0.25) is 9.59 Å². The molecule has 176 valence electrons. The Morgan fingerprint density at radius 1 is 0.909 bits per heavy atom. The molecule has 2 amide bonds. The fourth-order valence-electron chi connectivity index (χ4n) is 3.94. The van der Waals surface area contributed by atoms with E-state index >= 15 is 0 Å². The Morgan fingerprint density at radius 3 is 2.30 bits per heavy atom. The molecule has 2 aromatic carbocycles. The molecule has 0 aliphatic heterocycles. The highest BCUT2D eigenvalue weighted by atomic mass is 32.2. The van der Waals surface area contributed by atoms with E-state index in [0.29, 0.717) is 23.0 Å². The number of hydrogen-bond donors (Lipinski definition) is 0. The SMILES string of the molecule is CN(Cc1ccccc1)C(=O)COC(=O)c1ccccc1SCC(=O)N(C)C1CCCCC1. The second-order valence-electron chi connectivity index (χ2n) is 8.39. The third kappa shape index (κ3) is 7.35. The van der Waals surface area contributed by atoms with Crippen molar-refractivity contribution >= 4 is 29.5 Å². The minimum absolute atomic E-state index is 0.0628. The molecule has 33 heavy (non-hydrogen) atoms. The molecule has 0 bridgehead atoms. The van der Waals surface area contributed by atoms with Gasteiger partial charge in [-0.05, 0) is 30.5 Å². The highest BCUT2D eigenvalue weighted by molar-refractivity contribution is 8.00. The van der Waals surface area contributed by atoms with Crippen LogP contribution < -0.4 is 0 Å². The molecule has 7 heteroatoms. The van der Waals surface area contributed by atoms with Gasteiger partial charge in [-0.25, -0.2) is 4.79 Å². The van der Waals surface area contributed by atoms with Gasteiger partial charge >= 0.3 is 5.97 Å². The molecule has 0 unspecified atom stereocenters. The van der Waals surface area contributed by atoms with Crippen LogP contribution in [0.25, 0.3) is 0 Å². The number of rotatable bonds is 9. The smallest absolute Gasteiger partial charge is 0.339 e. The van der Waals surface area contributed by atoms with E-state index in [1.165, 1.54) is 35.9 Å². The summed E-state index contributed by atoms with van der Waals surface area (Å²) in [6.07, 6.45) is 5.70. The van der Waals surface area contributed by atoms with Gasteiger partial charge in [-0.15, -0.1) is 11.8 Å². The van der Waals surface area contributed by atoms with Crippen molar-refractivity contribution in [2.75, 3.05) is 26.5 Å². The first-order valence-corrected chi connectivity index (χ1v) is 12.4. The van der Waals surface area contributed by atoms with Crippen LogP contribution in [0.3, 0.4) is 0 Å². The number of carbonyl (C=O) groups excluding carboxylic acids is 3. The van der Waals surface area contributed by atoms with Crippen LogP contribution in [0.15, 0.2) is 59.5 Å². The lowest BCUT2D eigenvalue weighted by Crippen LogP contribution is -2.39. The van der Waals surface area contributed by atoms with Crippen molar-refractivity contribution in [1.82, 2.24) is 9.80 Å². The van der Waals surface area contributed by atoms with Crippen LogP contribution in [0, 0.1) is 0 Å². The van der Waals surface area contributed by atoms with E-state index in [9.17, 15) is 14.4 Å². The van der Waals surface area contributed by atoms with Crippen LogP contribution in [0.1, 0.15) is 48.0 Å². The van der Waals surface area contributed by atoms with Gasteiger partial charge < -0.3 is 14.5 Å². The van der Waals surface area contributed by atoms with Crippen molar-refractivity contribution in [2.24, 2.45) is 0 Å². The van der Waals surface area contributed by atoms with Crippen LogP contribution in [0.5, 0.6) is 0 Å². The number of esters is 1. The monoisotopic (exact) mass is 468 g/mol. The van der Waals surface area contributed by atoms with E-state index in [1.807, 2.05) is 48.3 Å². The zero-order chi connectivity index (χ0) is 23.6. The van der Waals surface area contributed by atoms with Crippen molar-refractivity contribution in [2.45, 2.75) is 49.6 Å². The Labute approximate surface area is 200 Å². The molecule has 3 rings (SSSR count). The molecule has 0 atom stereocenters. The number of carbonyl (C=O) groups is 3. The Balaban J connectivity index is 1.51. The zero-order valence-electron chi connectivity index (χ0n) is 19.4. The topological polar surface area (TPSA) is 66.9 Å². The van der Waals surface area contributed by atoms with E-state index in [-0.39, 0.29) is 24.2 Å². The summed E-state index contributed by atoms with van der Waals surface area (Å²) in [5.74, 6) is -0.516. The van der Waals surface area contributed by atoms with Gasteiger partial charge in [-0.2, -0.15) is 0 Å². The number of benzene rings is 2. The van der Waals surface area contributed by atoms with E-state index in [1.54, 1.807) is 25.2 Å². The van der Waals surface area contributed by atoms with Crippen molar-refractivity contribution in [3.8, 4) is 0 Å². The van der Waals surface area contributed by atoms with Gasteiger partial charge in [0, 0.05) is 31.6 Å². The Bertz CT molecular complexity index is 944. The maximum absolute atomic E-state index is 12.7. The largest absolute Gasteiger partial charge is 0.452 e. The van der Waals surface area contributed by atoms with Crippen molar-refractivity contribution in [1.29, 1.82) is 0 Å². The first kappa shape index (κ1) is 24.8. The van der Waals surface area contributed by atoms with Crippen molar-refractivity contribution < 1.29 is 19.1 Å². The van der Waals surface area contributed by atoms with Gasteiger partial charge in [0.2, 0.25) is 5.91 Å². The van der Waals surface area contributed by atoms with E-state index in [2.05, 4.69) is 0 Å². The van der Waals surface area contributed by atoms with Crippen LogP contribution in [0.2, 0.25) is 0 Å². The molecule has 1 aliphatic rings. The molecule has 0 heterocycles. The number of hydrogen-bond acceptors (Lipinski definition) is 5. The molecule has 1 aliphatic carbocycles. The molecule has 0 spiro atoms. The maximum Gasteiger partial charge on any atom is 0.339 e. The molecule has 1 fully saturated rings. The number of likely N-dealkylation sites (N-methyl/N-ethyl adjacent to an activating group) is 1.